The highest BCUT2D eigenvalue weighted by atomic mass is 16.5. The van der Waals surface area contributed by atoms with Gasteiger partial charge in [-0.3, -0.25) is 0 Å². The average molecular weight is 250 g/mol. The van der Waals surface area contributed by atoms with Gasteiger partial charge in [0.25, 0.3) is 0 Å². The van der Waals surface area contributed by atoms with Crippen LogP contribution in [-0.4, -0.2) is 35.2 Å². The van der Waals surface area contributed by atoms with Gasteiger partial charge < -0.3 is 15.4 Å². The Kier molecular flexibility index (Phi) is 4.75. The number of ether oxygens (including phenoxy) is 1. The molecule has 1 aliphatic rings. The van der Waals surface area contributed by atoms with E-state index in [-0.39, 0.29) is 6.10 Å². The first-order valence-electron chi connectivity index (χ1n) is 6.70. The van der Waals surface area contributed by atoms with Crippen LogP contribution in [0.15, 0.2) is 12.4 Å². The Bertz CT molecular complexity index is 364. The highest BCUT2D eigenvalue weighted by Gasteiger charge is 2.13. The van der Waals surface area contributed by atoms with E-state index in [0.29, 0.717) is 11.9 Å². The van der Waals surface area contributed by atoms with Crippen LogP contribution in [0.4, 0.5) is 5.82 Å². The van der Waals surface area contributed by atoms with E-state index in [1.165, 1.54) is 19.2 Å². The lowest BCUT2D eigenvalue weighted by atomic mass is 10.1. The van der Waals surface area contributed by atoms with Crippen molar-refractivity contribution in [1.29, 1.82) is 0 Å². The normalized spacial score (nSPS) is 19.2. The van der Waals surface area contributed by atoms with Crippen LogP contribution >= 0.6 is 0 Å². The van der Waals surface area contributed by atoms with Gasteiger partial charge in [-0.1, -0.05) is 0 Å². The smallest absolute Gasteiger partial charge is 0.218 e. The molecule has 0 aliphatic carbocycles. The molecular formula is C13H22N4O. The Morgan fingerprint density at radius 2 is 2.39 bits per heavy atom. The molecule has 1 aromatic rings. The Morgan fingerprint density at radius 1 is 1.50 bits per heavy atom. The molecular weight excluding hydrogens is 228 g/mol. The Balaban J connectivity index is 1.77. The number of nitrogens with one attached hydrogen (secondary N) is 2. The summed E-state index contributed by atoms with van der Waals surface area (Å²) in [5, 5.41) is 6.80. The lowest BCUT2D eigenvalue weighted by Gasteiger charge is -2.12. The molecule has 18 heavy (non-hydrogen) atoms. The van der Waals surface area contributed by atoms with Crippen LogP contribution in [-0.2, 0) is 0 Å². The van der Waals surface area contributed by atoms with Crippen LogP contribution in [0.25, 0.3) is 0 Å². The molecule has 0 aromatic carbocycles. The summed E-state index contributed by atoms with van der Waals surface area (Å²) in [6.07, 6.45) is 5.38. The minimum atomic E-state index is 0.135. The van der Waals surface area contributed by atoms with Crippen molar-refractivity contribution < 1.29 is 4.74 Å². The maximum atomic E-state index is 5.53. The summed E-state index contributed by atoms with van der Waals surface area (Å²) in [7, 11) is 0. The Hall–Kier alpha value is -1.36. The molecule has 0 bridgehead atoms. The molecule has 2 N–H and O–H groups in total. The predicted molar refractivity (Wildman–Crippen MR) is 71.9 cm³/mol. The van der Waals surface area contributed by atoms with Crippen LogP contribution in [0, 0.1) is 0 Å². The molecule has 5 nitrogen and oxygen atoms in total. The molecule has 1 unspecified atom stereocenters. The summed E-state index contributed by atoms with van der Waals surface area (Å²) in [5.41, 5.74) is 0. The van der Waals surface area contributed by atoms with Crippen molar-refractivity contribution in [2.75, 3.05) is 18.4 Å². The lowest BCUT2D eigenvalue weighted by molar-refractivity contribution is 0.232. The highest BCUT2D eigenvalue weighted by Crippen LogP contribution is 2.13. The van der Waals surface area contributed by atoms with Gasteiger partial charge in [-0.2, -0.15) is 0 Å². The molecule has 1 fully saturated rings. The molecule has 1 atom stereocenters. The van der Waals surface area contributed by atoms with Crippen molar-refractivity contribution in [3.8, 4) is 5.88 Å². The topological polar surface area (TPSA) is 59.1 Å². The van der Waals surface area contributed by atoms with E-state index in [4.69, 9.17) is 4.74 Å². The molecule has 2 rings (SSSR count). The first kappa shape index (κ1) is 13.1. The minimum Gasteiger partial charge on any atom is -0.475 e. The average Bonchev–Trinajstić information content (AvgIpc) is 2.82. The largest absolute Gasteiger partial charge is 0.475 e. The molecule has 0 spiro atoms. The predicted octanol–water partition coefficient (Wildman–Crippen LogP) is 1.82. The van der Waals surface area contributed by atoms with E-state index in [1.807, 2.05) is 19.9 Å². The Morgan fingerprint density at radius 3 is 3.11 bits per heavy atom. The van der Waals surface area contributed by atoms with Gasteiger partial charge in [0.15, 0.2) is 0 Å². The maximum Gasteiger partial charge on any atom is 0.218 e. The van der Waals surface area contributed by atoms with Gasteiger partial charge in [-0.15, -0.1) is 0 Å². The fourth-order valence-electron chi connectivity index (χ4n) is 2.12. The van der Waals surface area contributed by atoms with E-state index in [9.17, 15) is 0 Å². The Labute approximate surface area is 108 Å². The van der Waals surface area contributed by atoms with Gasteiger partial charge in [-0.25, -0.2) is 9.97 Å². The van der Waals surface area contributed by atoms with Crippen LogP contribution in [0.2, 0.25) is 0 Å². The van der Waals surface area contributed by atoms with Gasteiger partial charge in [-0.05, 0) is 39.7 Å². The van der Waals surface area contributed by atoms with Crippen LogP contribution in [0.5, 0.6) is 5.88 Å². The van der Waals surface area contributed by atoms with E-state index < -0.39 is 0 Å². The SMILES string of the molecule is CC(C)Oc1cc(NCCC2CCCN2)ncn1. The van der Waals surface area contributed by atoms with Crippen molar-refractivity contribution in [3.05, 3.63) is 12.4 Å². The zero-order valence-corrected chi connectivity index (χ0v) is 11.1. The minimum absolute atomic E-state index is 0.135. The van der Waals surface area contributed by atoms with Crippen LogP contribution < -0.4 is 15.4 Å². The third-order valence-electron chi connectivity index (χ3n) is 2.96. The second-order valence-electron chi connectivity index (χ2n) is 4.92. The first-order valence-corrected chi connectivity index (χ1v) is 6.70. The standard InChI is InChI=1S/C13H22N4O/c1-10(2)18-13-8-12(16-9-17-13)15-7-5-11-4-3-6-14-11/h8-11,14H,3-7H2,1-2H3,(H,15,16,17). The quantitative estimate of drug-likeness (QED) is 0.806. The summed E-state index contributed by atoms with van der Waals surface area (Å²) in [6, 6.07) is 2.51. The molecule has 0 radical (unpaired) electrons. The summed E-state index contributed by atoms with van der Waals surface area (Å²) in [6.45, 7) is 6.06. The monoisotopic (exact) mass is 250 g/mol. The van der Waals surface area contributed by atoms with E-state index in [0.717, 1.165) is 25.3 Å². The molecule has 0 saturated carbocycles. The molecule has 1 aliphatic heterocycles. The highest BCUT2D eigenvalue weighted by molar-refractivity contribution is 5.36. The summed E-state index contributed by atoms with van der Waals surface area (Å²) in [4.78, 5) is 8.27. The second kappa shape index (κ2) is 6.54. The number of anilines is 1. The second-order valence-corrected chi connectivity index (χ2v) is 4.92. The molecule has 1 saturated heterocycles. The van der Waals surface area contributed by atoms with Crippen LogP contribution in [0.3, 0.4) is 0 Å². The molecule has 2 heterocycles. The van der Waals surface area contributed by atoms with Crippen molar-refractivity contribution in [2.24, 2.45) is 0 Å². The van der Waals surface area contributed by atoms with E-state index >= 15 is 0 Å². The van der Waals surface area contributed by atoms with Crippen molar-refractivity contribution >= 4 is 5.82 Å². The molecule has 100 valence electrons. The third kappa shape index (κ3) is 4.14. The summed E-state index contributed by atoms with van der Waals surface area (Å²) >= 11 is 0. The van der Waals surface area contributed by atoms with Gasteiger partial charge in [0, 0.05) is 18.7 Å². The summed E-state index contributed by atoms with van der Waals surface area (Å²) < 4.78 is 5.53. The van der Waals surface area contributed by atoms with Gasteiger partial charge >= 0.3 is 0 Å². The van der Waals surface area contributed by atoms with Crippen molar-refractivity contribution in [2.45, 2.75) is 45.3 Å². The maximum absolute atomic E-state index is 5.53. The van der Waals surface area contributed by atoms with Crippen molar-refractivity contribution in [1.82, 2.24) is 15.3 Å². The van der Waals surface area contributed by atoms with Crippen molar-refractivity contribution in [3.63, 3.8) is 0 Å². The van der Waals surface area contributed by atoms with E-state index in [2.05, 4.69) is 20.6 Å². The van der Waals surface area contributed by atoms with Gasteiger partial charge in [0.2, 0.25) is 5.88 Å². The molecule has 1 aromatic heterocycles. The fraction of sp³-hybridized carbons (Fsp3) is 0.692. The van der Waals surface area contributed by atoms with Gasteiger partial charge in [0.05, 0.1) is 6.10 Å². The van der Waals surface area contributed by atoms with Gasteiger partial charge in [0.1, 0.15) is 12.1 Å². The molecule has 0 amide bonds. The first-order chi connectivity index (χ1) is 8.74. The number of hydrogen-bond acceptors (Lipinski definition) is 5. The zero-order valence-electron chi connectivity index (χ0n) is 11.1. The number of hydrogen-bond donors (Lipinski definition) is 2. The lowest BCUT2D eigenvalue weighted by Crippen LogP contribution is -2.24. The number of aromatic nitrogens is 2. The third-order valence-corrected chi connectivity index (χ3v) is 2.96. The molecule has 5 heteroatoms. The van der Waals surface area contributed by atoms with E-state index in [1.54, 1.807) is 0 Å². The fourth-order valence-corrected chi connectivity index (χ4v) is 2.12. The zero-order chi connectivity index (χ0) is 12.8. The number of nitrogens with zero attached hydrogens (tertiary/aromatic N) is 2. The summed E-state index contributed by atoms with van der Waals surface area (Å²) in [5.74, 6) is 1.46. The number of rotatable bonds is 6. The van der Waals surface area contributed by atoms with Crippen LogP contribution in [0.1, 0.15) is 33.1 Å².